The van der Waals surface area contributed by atoms with Gasteiger partial charge in [-0.3, -0.25) is 4.99 Å². The first-order valence-electron chi connectivity index (χ1n) is 8.87. The van der Waals surface area contributed by atoms with Gasteiger partial charge in [-0.1, -0.05) is 30.3 Å². The van der Waals surface area contributed by atoms with Crippen molar-refractivity contribution in [1.82, 2.24) is 14.8 Å². The van der Waals surface area contributed by atoms with Gasteiger partial charge in [0.25, 0.3) is 0 Å². The second-order valence-electron chi connectivity index (χ2n) is 6.65. The van der Waals surface area contributed by atoms with Gasteiger partial charge in [-0.05, 0) is 24.1 Å². The van der Waals surface area contributed by atoms with Crippen molar-refractivity contribution in [2.24, 2.45) is 18.0 Å². The maximum absolute atomic E-state index is 5.98. The van der Waals surface area contributed by atoms with E-state index in [4.69, 9.17) is 4.74 Å². The molecular formula is C20H29IN4O. The largest absolute Gasteiger partial charge is 0.373 e. The van der Waals surface area contributed by atoms with E-state index in [1.54, 1.807) is 0 Å². The summed E-state index contributed by atoms with van der Waals surface area (Å²) in [4.78, 5) is 6.59. The lowest BCUT2D eigenvalue weighted by Gasteiger charge is -2.25. The molecule has 3 rings (SSSR count). The Bertz CT molecular complexity index is 701. The molecule has 5 nitrogen and oxygen atoms in total. The molecule has 2 unspecified atom stereocenters. The Morgan fingerprint density at radius 2 is 2.04 bits per heavy atom. The number of ether oxygens (including phenoxy) is 1. The first-order valence-corrected chi connectivity index (χ1v) is 8.87. The number of aryl methyl sites for hydroxylation is 1. The van der Waals surface area contributed by atoms with Crippen LogP contribution in [0, 0.1) is 5.92 Å². The van der Waals surface area contributed by atoms with E-state index in [1.807, 2.05) is 13.1 Å². The number of hydrogen-bond donors (Lipinski definition) is 1. The highest BCUT2D eigenvalue weighted by atomic mass is 127. The zero-order chi connectivity index (χ0) is 17.6. The standard InChI is InChI=1S/C20H28N4O.HI/c1-21-20(24(3)15-18-10-7-12-23(18)2)22-14-17-11-13-25-19(17)16-8-5-4-6-9-16;/h4-10,12,17,19H,11,13-15H2,1-3H3,(H,21,22);1H. The van der Waals surface area contributed by atoms with Gasteiger partial charge >= 0.3 is 0 Å². The van der Waals surface area contributed by atoms with Crippen LogP contribution in [0.15, 0.2) is 53.7 Å². The number of aliphatic imine (C=N–C) groups is 1. The van der Waals surface area contributed by atoms with Gasteiger partial charge in [0.05, 0.1) is 12.6 Å². The van der Waals surface area contributed by atoms with Gasteiger partial charge in [-0.15, -0.1) is 24.0 Å². The summed E-state index contributed by atoms with van der Waals surface area (Å²) in [5, 5.41) is 3.53. The predicted octanol–water partition coefficient (Wildman–Crippen LogP) is 3.43. The summed E-state index contributed by atoms with van der Waals surface area (Å²) in [6.07, 6.45) is 3.31. The molecule has 26 heavy (non-hydrogen) atoms. The van der Waals surface area contributed by atoms with E-state index in [2.05, 4.69) is 76.5 Å². The molecule has 2 heterocycles. The van der Waals surface area contributed by atoms with Crippen LogP contribution in [-0.4, -0.2) is 42.7 Å². The van der Waals surface area contributed by atoms with Crippen molar-refractivity contribution in [3.05, 3.63) is 59.9 Å². The second-order valence-corrected chi connectivity index (χ2v) is 6.65. The molecule has 0 saturated carbocycles. The van der Waals surface area contributed by atoms with Gasteiger partial charge in [-0.25, -0.2) is 0 Å². The van der Waals surface area contributed by atoms with Gasteiger partial charge < -0.3 is 19.5 Å². The third-order valence-electron chi connectivity index (χ3n) is 4.89. The van der Waals surface area contributed by atoms with Crippen LogP contribution in [0.3, 0.4) is 0 Å². The highest BCUT2D eigenvalue weighted by Crippen LogP contribution is 2.33. The third kappa shape index (κ3) is 5.01. The summed E-state index contributed by atoms with van der Waals surface area (Å²) in [5.41, 5.74) is 2.52. The van der Waals surface area contributed by atoms with Crippen molar-refractivity contribution >= 4 is 29.9 Å². The molecule has 2 aromatic rings. The first kappa shape index (κ1) is 20.8. The van der Waals surface area contributed by atoms with Crippen LogP contribution in [0.25, 0.3) is 0 Å². The maximum atomic E-state index is 5.98. The molecule has 1 aromatic carbocycles. The molecule has 1 aliphatic heterocycles. The molecule has 0 aliphatic carbocycles. The number of hydrogen-bond acceptors (Lipinski definition) is 2. The van der Waals surface area contributed by atoms with E-state index in [-0.39, 0.29) is 30.1 Å². The molecule has 0 radical (unpaired) electrons. The number of halogens is 1. The Morgan fingerprint density at radius 3 is 2.69 bits per heavy atom. The number of nitrogens with one attached hydrogen (secondary N) is 1. The van der Waals surface area contributed by atoms with Crippen molar-refractivity contribution in [2.45, 2.75) is 19.1 Å². The number of rotatable bonds is 5. The summed E-state index contributed by atoms with van der Waals surface area (Å²) in [5.74, 6) is 1.38. The molecule has 142 valence electrons. The fourth-order valence-electron chi connectivity index (χ4n) is 3.44. The van der Waals surface area contributed by atoms with Gasteiger partial charge in [0, 0.05) is 52.1 Å². The number of nitrogens with zero attached hydrogens (tertiary/aromatic N) is 3. The quantitative estimate of drug-likeness (QED) is 0.416. The summed E-state index contributed by atoms with van der Waals surface area (Å²) in [7, 11) is 5.98. The van der Waals surface area contributed by atoms with Gasteiger partial charge in [0.2, 0.25) is 0 Å². The smallest absolute Gasteiger partial charge is 0.193 e. The monoisotopic (exact) mass is 468 g/mol. The molecule has 1 saturated heterocycles. The fourth-order valence-corrected chi connectivity index (χ4v) is 3.44. The van der Waals surface area contributed by atoms with E-state index in [0.29, 0.717) is 5.92 Å². The molecular weight excluding hydrogens is 439 g/mol. The Morgan fingerprint density at radius 1 is 1.27 bits per heavy atom. The van der Waals surface area contributed by atoms with E-state index in [1.165, 1.54) is 11.3 Å². The number of benzene rings is 1. The summed E-state index contributed by atoms with van der Waals surface area (Å²) >= 11 is 0. The van der Waals surface area contributed by atoms with Gasteiger partial charge in [0.15, 0.2) is 5.96 Å². The highest BCUT2D eigenvalue weighted by molar-refractivity contribution is 14.0. The Labute approximate surface area is 173 Å². The second kappa shape index (κ2) is 9.97. The van der Waals surface area contributed by atoms with E-state index in [0.717, 1.165) is 32.1 Å². The SMILES string of the molecule is CN=C(NCC1CCOC1c1ccccc1)N(C)Cc1cccn1C.I. The molecule has 6 heteroatoms. The van der Waals surface area contributed by atoms with Crippen LogP contribution in [0.5, 0.6) is 0 Å². The minimum atomic E-state index is 0. The minimum absolute atomic E-state index is 0. The van der Waals surface area contributed by atoms with Crippen molar-refractivity contribution in [3.8, 4) is 0 Å². The van der Waals surface area contributed by atoms with Crippen LogP contribution in [0.1, 0.15) is 23.8 Å². The zero-order valence-corrected chi connectivity index (χ0v) is 18.1. The van der Waals surface area contributed by atoms with E-state index < -0.39 is 0 Å². The van der Waals surface area contributed by atoms with Crippen LogP contribution in [-0.2, 0) is 18.3 Å². The predicted molar refractivity (Wildman–Crippen MR) is 117 cm³/mol. The van der Waals surface area contributed by atoms with Crippen LogP contribution in [0.4, 0.5) is 0 Å². The van der Waals surface area contributed by atoms with Crippen LogP contribution < -0.4 is 5.32 Å². The number of guanidine groups is 1. The maximum Gasteiger partial charge on any atom is 0.193 e. The lowest BCUT2D eigenvalue weighted by Crippen LogP contribution is -2.41. The fraction of sp³-hybridized carbons (Fsp3) is 0.450. The third-order valence-corrected chi connectivity index (χ3v) is 4.89. The normalized spacial score (nSPS) is 19.9. The minimum Gasteiger partial charge on any atom is -0.373 e. The molecule has 1 fully saturated rings. The molecule has 1 aromatic heterocycles. The molecule has 2 atom stereocenters. The molecule has 0 spiro atoms. The molecule has 0 bridgehead atoms. The molecule has 1 aliphatic rings. The topological polar surface area (TPSA) is 41.8 Å². The van der Waals surface area contributed by atoms with Crippen LogP contribution in [0.2, 0.25) is 0 Å². The Balaban J connectivity index is 0.00000243. The zero-order valence-electron chi connectivity index (χ0n) is 15.8. The molecule has 1 N–H and O–H groups in total. The highest BCUT2D eigenvalue weighted by Gasteiger charge is 2.29. The Kier molecular flexibility index (Phi) is 7.96. The average molecular weight is 468 g/mol. The lowest BCUT2D eigenvalue weighted by molar-refractivity contribution is 0.0914. The van der Waals surface area contributed by atoms with E-state index >= 15 is 0 Å². The summed E-state index contributed by atoms with van der Waals surface area (Å²) in [6, 6.07) is 14.7. The van der Waals surface area contributed by atoms with Gasteiger partial charge in [0.1, 0.15) is 0 Å². The van der Waals surface area contributed by atoms with Crippen molar-refractivity contribution in [1.29, 1.82) is 0 Å². The van der Waals surface area contributed by atoms with Crippen molar-refractivity contribution in [2.75, 3.05) is 27.2 Å². The molecule has 0 amide bonds. The Hall–Kier alpha value is -1.54. The lowest BCUT2D eigenvalue weighted by atomic mass is 9.95. The van der Waals surface area contributed by atoms with Crippen molar-refractivity contribution < 1.29 is 4.74 Å². The first-order chi connectivity index (χ1) is 12.2. The summed E-state index contributed by atoms with van der Waals surface area (Å²) in [6.45, 7) is 2.51. The van der Waals surface area contributed by atoms with Crippen molar-refractivity contribution in [3.63, 3.8) is 0 Å². The van der Waals surface area contributed by atoms with Crippen LogP contribution >= 0.6 is 24.0 Å². The van der Waals surface area contributed by atoms with E-state index in [9.17, 15) is 0 Å². The average Bonchev–Trinajstić information content (AvgIpc) is 3.26. The van der Waals surface area contributed by atoms with Gasteiger partial charge in [-0.2, -0.15) is 0 Å². The number of aromatic nitrogens is 1. The summed E-state index contributed by atoms with van der Waals surface area (Å²) < 4.78 is 8.12.